The highest BCUT2D eigenvalue weighted by Crippen LogP contribution is 2.38. The molecule has 3 rings (SSSR count). The second-order valence-electron chi connectivity index (χ2n) is 6.84. The molecule has 130 valence electrons. The minimum absolute atomic E-state index is 0.0150. The standard InChI is InChI=1S/C15H26N4O3S/c1-4-11-9-19(23(3,20)21)8-7-13(11)16-10(2)15-17-14(18-22-15)12-5-6-12/h10-13,16H,4-9H2,1-3H3/t10-,11+,13+/m0/s1. The number of aromatic nitrogens is 2. The first-order valence-corrected chi connectivity index (χ1v) is 10.3. The van der Waals surface area contributed by atoms with Crippen molar-refractivity contribution < 1.29 is 12.9 Å². The third-order valence-electron chi connectivity index (χ3n) is 4.92. The molecule has 2 aliphatic rings. The van der Waals surface area contributed by atoms with Gasteiger partial charge in [0.05, 0.1) is 12.3 Å². The van der Waals surface area contributed by atoms with Crippen LogP contribution in [-0.4, -0.2) is 48.3 Å². The summed E-state index contributed by atoms with van der Waals surface area (Å²) < 4.78 is 30.5. The van der Waals surface area contributed by atoms with Crippen molar-refractivity contribution in [3.8, 4) is 0 Å². The maximum absolute atomic E-state index is 11.7. The van der Waals surface area contributed by atoms with Gasteiger partial charge in [-0.25, -0.2) is 12.7 Å². The number of hydrogen-bond donors (Lipinski definition) is 1. The third kappa shape index (κ3) is 3.92. The van der Waals surface area contributed by atoms with E-state index < -0.39 is 10.0 Å². The molecular weight excluding hydrogens is 316 g/mol. The van der Waals surface area contributed by atoms with Gasteiger partial charge in [0.1, 0.15) is 0 Å². The van der Waals surface area contributed by atoms with Gasteiger partial charge in [-0.15, -0.1) is 0 Å². The largest absolute Gasteiger partial charge is 0.338 e. The van der Waals surface area contributed by atoms with Crippen LogP contribution in [0.3, 0.4) is 0 Å². The molecule has 7 nitrogen and oxygen atoms in total. The summed E-state index contributed by atoms with van der Waals surface area (Å²) in [5, 5.41) is 7.63. The van der Waals surface area contributed by atoms with Crippen LogP contribution in [0.2, 0.25) is 0 Å². The number of rotatable bonds is 6. The van der Waals surface area contributed by atoms with E-state index in [0.29, 0.717) is 30.8 Å². The Bertz CT molecular complexity index is 641. The highest BCUT2D eigenvalue weighted by Gasteiger charge is 2.34. The smallest absolute Gasteiger partial charge is 0.243 e. The van der Waals surface area contributed by atoms with Gasteiger partial charge in [0.2, 0.25) is 15.9 Å². The lowest BCUT2D eigenvalue weighted by Crippen LogP contribution is -2.51. The zero-order chi connectivity index (χ0) is 16.6. The summed E-state index contributed by atoms with van der Waals surface area (Å²) in [5.74, 6) is 2.24. The van der Waals surface area contributed by atoms with Crippen molar-refractivity contribution in [2.45, 2.75) is 57.5 Å². The predicted molar refractivity (Wildman–Crippen MR) is 86.4 cm³/mol. The molecule has 1 aromatic rings. The average Bonchev–Trinajstić information content (AvgIpc) is 3.23. The fraction of sp³-hybridized carbons (Fsp3) is 0.867. The van der Waals surface area contributed by atoms with Crippen LogP contribution in [0.25, 0.3) is 0 Å². The van der Waals surface area contributed by atoms with E-state index >= 15 is 0 Å². The van der Waals surface area contributed by atoms with Crippen LogP contribution in [0, 0.1) is 5.92 Å². The average molecular weight is 342 g/mol. The molecule has 0 spiro atoms. The Labute approximate surface area is 137 Å². The summed E-state index contributed by atoms with van der Waals surface area (Å²) in [6, 6.07) is 0.253. The normalized spacial score (nSPS) is 28.0. The van der Waals surface area contributed by atoms with E-state index in [9.17, 15) is 8.42 Å². The van der Waals surface area contributed by atoms with E-state index in [0.717, 1.165) is 31.5 Å². The summed E-state index contributed by atoms with van der Waals surface area (Å²) in [6.07, 6.45) is 5.34. The first kappa shape index (κ1) is 16.9. The van der Waals surface area contributed by atoms with Gasteiger partial charge in [-0.1, -0.05) is 18.5 Å². The van der Waals surface area contributed by atoms with E-state index in [2.05, 4.69) is 22.4 Å². The van der Waals surface area contributed by atoms with E-state index in [-0.39, 0.29) is 12.1 Å². The van der Waals surface area contributed by atoms with Crippen molar-refractivity contribution in [3.05, 3.63) is 11.7 Å². The molecule has 1 aliphatic heterocycles. The predicted octanol–water partition coefficient (Wildman–Crippen LogP) is 1.66. The van der Waals surface area contributed by atoms with E-state index in [1.54, 1.807) is 4.31 Å². The maximum Gasteiger partial charge on any atom is 0.243 e. The molecule has 8 heteroatoms. The highest BCUT2D eigenvalue weighted by atomic mass is 32.2. The van der Waals surface area contributed by atoms with E-state index in [4.69, 9.17) is 4.52 Å². The van der Waals surface area contributed by atoms with Crippen LogP contribution in [0.5, 0.6) is 0 Å². The van der Waals surface area contributed by atoms with E-state index in [1.165, 1.54) is 6.26 Å². The Morgan fingerprint density at radius 1 is 1.39 bits per heavy atom. The number of nitrogens with zero attached hydrogens (tertiary/aromatic N) is 3. The van der Waals surface area contributed by atoms with Gasteiger partial charge in [-0.2, -0.15) is 4.98 Å². The topological polar surface area (TPSA) is 88.3 Å². The molecule has 2 heterocycles. The van der Waals surface area contributed by atoms with Crippen LogP contribution in [-0.2, 0) is 10.0 Å². The van der Waals surface area contributed by atoms with Gasteiger partial charge >= 0.3 is 0 Å². The molecule has 2 fully saturated rings. The first-order valence-electron chi connectivity index (χ1n) is 8.43. The van der Waals surface area contributed by atoms with Crippen molar-refractivity contribution in [2.24, 2.45) is 5.92 Å². The molecule has 0 radical (unpaired) electrons. The summed E-state index contributed by atoms with van der Waals surface area (Å²) in [7, 11) is -3.11. The Morgan fingerprint density at radius 3 is 2.74 bits per heavy atom. The Balaban J connectivity index is 1.61. The molecule has 0 unspecified atom stereocenters. The number of piperidine rings is 1. The van der Waals surface area contributed by atoms with Gasteiger partial charge < -0.3 is 9.84 Å². The van der Waals surface area contributed by atoms with Crippen molar-refractivity contribution in [2.75, 3.05) is 19.3 Å². The maximum atomic E-state index is 11.7. The number of hydrogen-bond acceptors (Lipinski definition) is 6. The summed E-state index contributed by atoms with van der Waals surface area (Å²) >= 11 is 0. The van der Waals surface area contributed by atoms with Gasteiger partial charge in [-0.05, 0) is 32.1 Å². The van der Waals surface area contributed by atoms with Gasteiger partial charge in [0, 0.05) is 25.0 Å². The fourth-order valence-corrected chi connectivity index (χ4v) is 4.16. The minimum atomic E-state index is -3.11. The van der Waals surface area contributed by atoms with Crippen molar-refractivity contribution in [3.63, 3.8) is 0 Å². The summed E-state index contributed by atoms with van der Waals surface area (Å²) in [6.45, 7) is 5.28. The molecule has 3 atom stereocenters. The van der Waals surface area contributed by atoms with Crippen molar-refractivity contribution in [1.29, 1.82) is 0 Å². The van der Waals surface area contributed by atoms with Crippen molar-refractivity contribution in [1.82, 2.24) is 19.8 Å². The van der Waals surface area contributed by atoms with Crippen LogP contribution in [0.1, 0.15) is 63.2 Å². The lowest BCUT2D eigenvalue weighted by Gasteiger charge is -2.38. The number of nitrogens with one attached hydrogen (secondary N) is 1. The monoisotopic (exact) mass is 342 g/mol. The number of sulfonamides is 1. The molecule has 0 amide bonds. The molecule has 0 bridgehead atoms. The minimum Gasteiger partial charge on any atom is -0.338 e. The van der Waals surface area contributed by atoms with Crippen LogP contribution in [0.4, 0.5) is 0 Å². The van der Waals surface area contributed by atoms with Gasteiger partial charge in [0.15, 0.2) is 5.82 Å². The van der Waals surface area contributed by atoms with Crippen LogP contribution in [0.15, 0.2) is 4.52 Å². The second kappa shape index (κ2) is 6.49. The van der Waals surface area contributed by atoms with Crippen LogP contribution < -0.4 is 5.32 Å². The van der Waals surface area contributed by atoms with Gasteiger partial charge in [0.25, 0.3) is 0 Å². The van der Waals surface area contributed by atoms with E-state index in [1.807, 2.05) is 6.92 Å². The Hall–Kier alpha value is -0.990. The SMILES string of the molecule is CC[C@@H]1CN(S(C)(=O)=O)CC[C@H]1N[C@@H](C)c1nc(C2CC2)no1. The summed E-state index contributed by atoms with van der Waals surface area (Å²) in [4.78, 5) is 4.50. The fourth-order valence-electron chi connectivity index (χ4n) is 3.26. The molecule has 1 aromatic heterocycles. The zero-order valence-corrected chi connectivity index (χ0v) is 14.8. The molecular formula is C15H26N4O3S. The molecule has 1 aliphatic carbocycles. The molecule has 1 N–H and O–H groups in total. The lowest BCUT2D eigenvalue weighted by molar-refractivity contribution is 0.185. The van der Waals surface area contributed by atoms with Gasteiger partial charge in [-0.3, -0.25) is 0 Å². The van der Waals surface area contributed by atoms with Crippen molar-refractivity contribution >= 4 is 10.0 Å². The van der Waals surface area contributed by atoms with Crippen LogP contribution >= 0.6 is 0 Å². The molecule has 1 saturated carbocycles. The molecule has 23 heavy (non-hydrogen) atoms. The third-order valence-corrected chi connectivity index (χ3v) is 6.19. The molecule has 0 aromatic carbocycles. The highest BCUT2D eigenvalue weighted by molar-refractivity contribution is 7.88. The Morgan fingerprint density at radius 2 is 2.13 bits per heavy atom. The second-order valence-corrected chi connectivity index (χ2v) is 8.82. The Kier molecular flexibility index (Phi) is 4.75. The zero-order valence-electron chi connectivity index (χ0n) is 14.0. The quantitative estimate of drug-likeness (QED) is 0.846. The molecule has 1 saturated heterocycles. The summed E-state index contributed by atoms with van der Waals surface area (Å²) in [5.41, 5.74) is 0. The first-order chi connectivity index (χ1) is 10.9. The lowest BCUT2D eigenvalue weighted by atomic mass is 9.90.